The lowest BCUT2D eigenvalue weighted by Gasteiger charge is -2.25. The summed E-state index contributed by atoms with van der Waals surface area (Å²) in [6, 6.07) is 22.1. The maximum Gasteiger partial charge on any atom is 0.291 e. The van der Waals surface area contributed by atoms with Gasteiger partial charge in [-0.15, -0.1) is 0 Å². The van der Waals surface area contributed by atoms with E-state index in [1.807, 2.05) is 81.4 Å². The van der Waals surface area contributed by atoms with Crippen molar-refractivity contribution >= 4 is 16.9 Å². The number of hydrogen-bond acceptors (Lipinski definition) is 6. The average molecular weight is 536 g/mol. The molecular formula is C33H29NO6. The highest BCUT2D eigenvalue weighted by Gasteiger charge is 2.43. The van der Waals surface area contributed by atoms with Crippen molar-refractivity contribution in [2.75, 3.05) is 6.61 Å². The van der Waals surface area contributed by atoms with Gasteiger partial charge in [0, 0.05) is 0 Å². The third-order valence-corrected chi connectivity index (χ3v) is 7.12. The predicted octanol–water partition coefficient (Wildman–Crippen LogP) is 6.73. The Morgan fingerprint density at radius 3 is 2.48 bits per heavy atom. The van der Waals surface area contributed by atoms with Crippen molar-refractivity contribution in [3.05, 3.63) is 129 Å². The average Bonchev–Trinajstić information content (AvgIpc) is 3.56. The van der Waals surface area contributed by atoms with Crippen LogP contribution in [0.15, 0.2) is 92.7 Å². The van der Waals surface area contributed by atoms with Gasteiger partial charge in [0.1, 0.15) is 18.0 Å². The number of fused-ring (bicyclic) bond motifs is 2. The van der Waals surface area contributed by atoms with Crippen molar-refractivity contribution in [1.82, 2.24) is 4.90 Å². The smallest absolute Gasteiger partial charge is 0.291 e. The molecule has 7 nitrogen and oxygen atoms in total. The molecule has 1 aliphatic rings. The van der Waals surface area contributed by atoms with Crippen LogP contribution < -0.4 is 14.9 Å². The Labute approximate surface area is 231 Å². The second kappa shape index (κ2) is 10.4. The van der Waals surface area contributed by atoms with Crippen molar-refractivity contribution in [2.45, 2.75) is 40.0 Å². The summed E-state index contributed by atoms with van der Waals surface area (Å²) < 4.78 is 23.8. The number of carbonyl (C=O) groups is 1. The number of nitrogens with zero attached hydrogens (tertiary/aromatic N) is 1. The maximum absolute atomic E-state index is 14.0. The first-order chi connectivity index (χ1) is 19.4. The second-order valence-corrected chi connectivity index (χ2v) is 9.96. The minimum absolute atomic E-state index is 0.0587. The van der Waals surface area contributed by atoms with E-state index in [9.17, 15) is 9.59 Å². The summed E-state index contributed by atoms with van der Waals surface area (Å²) in [7, 11) is 0. The van der Waals surface area contributed by atoms with Crippen LogP contribution in [0.2, 0.25) is 0 Å². The van der Waals surface area contributed by atoms with Gasteiger partial charge in [0.25, 0.3) is 5.91 Å². The number of hydrogen-bond donors (Lipinski definition) is 0. The molecule has 3 heterocycles. The van der Waals surface area contributed by atoms with Crippen molar-refractivity contribution in [2.24, 2.45) is 0 Å². The Balaban J connectivity index is 1.48. The fraction of sp³-hybridized carbons (Fsp3) is 0.212. The first kappa shape index (κ1) is 25.5. The van der Waals surface area contributed by atoms with Crippen LogP contribution in [0, 0.1) is 13.8 Å². The Kier molecular flexibility index (Phi) is 6.64. The minimum atomic E-state index is -0.698. The minimum Gasteiger partial charge on any atom is -0.490 e. The van der Waals surface area contributed by atoms with Crippen molar-refractivity contribution < 1.29 is 23.1 Å². The van der Waals surface area contributed by atoms with E-state index in [-0.39, 0.29) is 23.6 Å². The van der Waals surface area contributed by atoms with E-state index >= 15 is 0 Å². The fourth-order valence-electron chi connectivity index (χ4n) is 5.37. The van der Waals surface area contributed by atoms with Crippen LogP contribution in [-0.4, -0.2) is 17.4 Å². The van der Waals surface area contributed by atoms with E-state index in [4.69, 9.17) is 18.3 Å². The molecule has 0 fully saturated rings. The molecule has 0 aliphatic carbocycles. The molecule has 0 bridgehead atoms. The molecule has 40 heavy (non-hydrogen) atoms. The van der Waals surface area contributed by atoms with Crippen molar-refractivity contribution in [3.8, 4) is 11.5 Å². The summed E-state index contributed by atoms with van der Waals surface area (Å²) in [6.07, 6.45) is 1.56. The molecule has 0 N–H and O–H groups in total. The molecule has 1 atom stereocenters. The molecule has 1 aliphatic heterocycles. The van der Waals surface area contributed by atoms with Crippen LogP contribution in [0.25, 0.3) is 11.0 Å². The van der Waals surface area contributed by atoms with Gasteiger partial charge in [-0.25, -0.2) is 0 Å². The molecular weight excluding hydrogens is 506 g/mol. The van der Waals surface area contributed by atoms with Gasteiger partial charge in [-0.05, 0) is 73.4 Å². The van der Waals surface area contributed by atoms with E-state index in [1.54, 1.807) is 23.3 Å². The maximum atomic E-state index is 14.0. The molecule has 0 radical (unpaired) electrons. The third kappa shape index (κ3) is 4.53. The lowest BCUT2D eigenvalue weighted by molar-refractivity contribution is 0.0701. The Hall–Kier alpha value is -4.78. The molecule has 0 spiro atoms. The number of furan rings is 1. The van der Waals surface area contributed by atoms with Gasteiger partial charge >= 0.3 is 0 Å². The molecule has 3 aromatic carbocycles. The number of amides is 1. The summed E-state index contributed by atoms with van der Waals surface area (Å²) in [6.45, 7) is 6.69. The first-order valence-corrected chi connectivity index (χ1v) is 13.3. The van der Waals surface area contributed by atoms with E-state index < -0.39 is 6.04 Å². The SMILES string of the molecule is CCOc1cc(C2c3c(oc4c(C)cc(C)cc4c3=O)C(=O)N2Cc2ccco2)ccc1OCc1ccccc1. The third-order valence-electron chi connectivity index (χ3n) is 7.12. The van der Waals surface area contributed by atoms with Gasteiger partial charge in [0.05, 0.1) is 36.4 Å². The lowest BCUT2D eigenvalue weighted by atomic mass is 9.97. The summed E-state index contributed by atoms with van der Waals surface area (Å²) >= 11 is 0. The summed E-state index contributed by atoms with van der Waals surface area (Å²) in [5.74, 6) is 1.41. The lowest BCUT2D eigenvalue weighted by Crippen LogP contribution is -2.29. The van der Waals surface area contributed by atoms with Gasteiger partial charge in [-0.3, -0.25) is 9.59 Å². The number of carbonyl (C=O) groups excluding carboxylic acids is 1. The van der Waals surface area contributed by atoms with Crippen molar-refractivity contribution in [3.63, 3.8) is 0 Å². The Bertz CT molecular complexity index is 1750. The Morgan fingerprint density at radius 2 is 1.73 bits per heavy atom. The molecule has 7 heteroatoms. The molecule has 6 rings (SSSR count). The van der Waals surface area contributed by atoms with E-state index in [1.165, 1.54) is 0 Å². The monoisotopic (exact) mass is 535 g/mol. The van der Waals surface area contributed by atoms with Gasteiger partial charge in [-0.2, -0.15) is 0 Å². The van der Waals surface area contributed by atoms with E-state index in [2.05, 4.69) is 0 Å². The molecule has 5 aromatic rings. The van der Waals surface area contributed by atoms with Crippen LogP contribution >= 0.6 is 0 Å². The highest BCUT2D eigenvalue weighted by molar-refractivity contribution is 5.99. The first-order valence-electron chi connectivity index (χ1n) is 13.3. The summed E-state index contributed by atoms with van der Waals surface area (Å²) in [4.78, 5) is 29.5. The zero-order valence-electron chi connectivity index (χ0n) is 22.6. The number of rotatable bonds is 8. The number of aryl methyl sites for hydroxylation is 2. The quantitative estimate of drug-likeness (QED) is 0.219. The van der Waals surface area contributed by atoms with Gasteiger partial charge in [0.2, 0.25) is 5.76 Å². The molecule has 2 aromatic heterocycles. The van der Waals surface area contributed by atoms with Gasteiger partial charge in [0.15, 0.2) is 16.9 Å². The number of ether oxygens (including phenoxy) is 2. The van der Waals surface area contributed by atoms with Crippen LogP contribution in [0.4, 0.5) is 0 Å². The molecule has 1 unspecified atom stereocenters. The standard InChI is InChI=1S/C33H29NO6/c1-4-37-27-17-23(12-13-26(27)39-19-22-9-6-5-7-10-22)29-28-30(35)25-16-20(2)15-21(3)31(25)40-32(28)33(36)34(29)18-24-11-8-14-38-24/h5-17,29H,4,18-19H2,1-3H3. The summed E-state index contributed by atoms with van der Waals surface area (Å²) in [5, 5.41) is 0.460. The van der Waals surface area contributed by atoms with Crippen LogP contribution in [0.5, 0.6) is 11.5 Å². The molecule has 1 amide bonds. The molecule has 0 saturated carbocycles. The van der Waals surface area contributed by atoms with E-state index in [0.717, 1.165) is 16.7 Å². The summed E-state index contributed by atoms with van der Waals surface area (Å²) in [5.41, 5.74) is 4.03. The van der Waals surface area contributed by atoms with Crippen LogP contribution in [-0.2, 0) is 13.2 Å². The van der Waals surface area contributed by atoms with E-state index in [0.29, 0.717) is 52.6 Å². The van der Waals surface area contributed by atoms with Gasteiger partial charge in [-0.1, -0.05) is 42.5 Å². The largest absolute Gasteiger partial charge is 0.490 e. The Morgan fingerprint density at radius 1 is 0.900 bits per heavy atom. The zero-order chi connectivity index (χ0) is 27.8. The van der Waals surface area contributed by atoms with Crippen molar-refractivity contribution in [1.29, 1.82) is 0 Å². The fourth-order valence-corrected chi connectivity index (χ4v) is 5.37. The van der Waals surface area contributed by atoms with Crippen LogP contribution in [0.3, 0.4) is 0 Å². The zero-order valence-corrected chi connectivity index (χ0v) is 22.6. The topological polar surface area (TPSA) is 82.1 Å². The highest BCUT2D eigenvalue weighted by atomic mass is 16.5. The second-order valence-electron chi connectivity index (χ2n) is 9.96. The molecule has 202 valence electrons. The predicted molar refractivity (Wildman–Crippen MR) is 151 cm³/mol. The van der Waals surface area contributed by atoms with Crippen LogP contribution in [0.1, 0.15) is 57.1 Å². The van der Waals surface area contributed by atoms with Gasteiger partial charge < -0.3 is 23.2 Å². The molecule has 0 saturated heterocycles. The highest BCUT2D eigenvalue weighted by Crippen LogP contribution is 2.42. The number of benzene rings is 3. The normalized spacial score (nSPS) is 14.5.